The number of hydrogen-bond acceptors (Lipinski definition) is 5. The first-order valence-electron chi connectivity index (χ1n) is 10.1. The Balaban J connectivity index is 1.82. The summed E-state index contributed by atoms with van der Waals surface area (Å²) < 4.78 is 7.55. The molecule has 7 nitrogen and oxygen atoms in total. The molecule has 2 aromatic carbocycles. The van der Waals surface area contributed by atoms with Crippen LogP contribution in [0.25, 0.3) is 5.69 Å². The molecule has 1 aliphatic heterocycles. The van der Waals surface area contributed by atoms with Crippen LogP contribution in [0.4, 0.5) is 5.69 Å². The number of nitrogens with zero attached hydrogens (tertiary/aromatic N) is 5. The van der Waals surface area contributed by atoms with Crippen molar-refractivity contribution in [2.45, 2.75) is 19.9 Å². The van der Waals surface area contributed by atoms with E-state index in [-0.39, 0.29) is 6.04 Å². The van der Waals surface area contributed by atoms with Gasteiger partial charge in [0, 0.05) is 25.3 Å². The Morgan fingerprint density at radius 2 is 1.66 bits per heavy atom. The molecule has 1 aliphatic rings. The number of rotatable bonds is 5. The van der Waals surface area contributed by atoms with E-state index in [0.29, 0.717) is 0 Å². The topological polar surface area (TPSA) is 60.5 Å². The van der Waals surface area contributed by atoms with Crippen LogP contribution in [0, 0.1) is 13.8 Å². The van der Waals surface area contributed by atoms with Crippen LogP contribution in [-0.4, -0.2) is 60.6 Å². The van der Waals surface area contributed by atoms with Crippen molar-refractivity contribution in [2.75, 3.05) is 45.3 Å². The number of tetrazole rings is 1. The second-order valence-electron chi connectivity index (χ2n) is 7.88. The summed E-state index contributed by atoms with van der Waals surface area (Å²) in [6, 6.07) is 15.1. The number of quaternary nitrogens is 1. The Labute approximate surface area is 171 Å². The maximum atomic E-state index is 5.62. The summed E-state index contributed by atoms with van der Waals surface area (Å²) in [4.78, 5) is 3.54. The van der Waals surface area contributed by atoms with Gasteiger partial charge >= 0.3 is 0 Å². The quantitative estimate of drug-likeness (QED) is 0.709. The molecule has 0 amide bonds. The number of anilines is 1. The molecule has 1 atom stereocenters. The second kappa shape index (κ2) is 8.31. The Morgan fingerprint density at radius 3 is 2.28 bits per heavy atom. The molecule has 29 heavy (non-hydrogen) atoms. The lowest BCUT2D eigenvalue weighted by Gasteiger charge is -2.31. The highest BCUT2D eigenvalue weighted by molar-refractivity contribution is 5.49. The minimum absolute atomic E-state index is 0.0455. The van der Waals surface area contributed by atoms with E-state index >= 15 is 0 Å². The second-order valence-corrected chi connectivity index (χ2v) is 7.88. The van der Waals surface area contributed by atoms with E-state index in [1.165, 1.54) is 16.2 Å². The van der Waals surface area contributed by atoms with Crippen molar-refractivity contribution in [3.05, 3.63) is 65.0 Å². The average Bonchev–Trinajstić information content (AvgIpc) is 3.18. The van der Waals surface area contributed by atoms with Crippen LogP contribution >= 0.6 is 0 Å². The Bertz CT molecular complexity index is 939. The fourth-order valence-corrected chi connectivity index (χ4v) is 4.13. The highest BCUT2D eigenvalue weighted by atomic mass is 16.5. The summed E-state index contributed by atoms with van der Waals surface area (Å²) in [5, 5.41) is 13.0. The zero-order valence-corrected chi connectivity index (χ0v) is 17.6. The lowest BCUT2D eigenvalue weighted by Crippen LogP contribution is -3.14. The molecule has 0 radical (unpaired) electrons. The van der Waals surface area contributed by atoms with Crippen LogP contribution in [-0.2, 0) is 4.74 Å². The van der Waals surface area contributed by atoms with Crippen LogP contribution in [0.2, 0.25) is 0 Å². The fraction of sp³-hybridized carbons (Fsp3) is 0.409. The molecule has 7 heteroatoms. The summed E-state index contributed by atoms with van der Waals surface area (Å²) >= 11 is 0. The largest absolute Gasteiger partial charge is 0.378 e. The Kier molecular flexibility index (Phi) is 5.60. The van der Waals surface area contributed by atoms with Gasteiger partial charge < -0.3 is 14.5 Å². The Morgan fingerprint density at radius 1 is 1.00 bits per heavy atom. The zero-order valence-electron chi connectivity index (χ0n) is 17.6. The van der Waals surface area contributed by atoms with E-state index in [0.717, 1.165) is 48.9 Å². The minimum atomic E-state index is 0.0455. The minimum Gasteiger partial charge on any atom is -0.378 e. The molecule has 1 fully saturated rings. The molecule has 0 bridgehead atoms. The molecule has 1 N–H and O–H groups in total. The molecule has 0 saturated carbocycles. The van der Waals surface area contributed by atoms with Gasteiger partial charge in [0.25, 0.3) is 0 Å². The molecule has 1 aromatic heterocycles. The summed E-state index contributed by atoms with van der Waals surface area (Å²) in [5.74, 6) is 0.872. The molecule has 2 heterocycles. The molecular weight excluding hydrogens is 364 g/mol. The number of ether oxygens (including phenoxy) is 1. The SMILES string of the molecule is Cc1cccc(C)c1-n1nnnc1[C@@H](c1ccc(N(C)C)cc1)[NH+]1CCOCC1. The molecule has 152 valence electrons. The van der Waals surface area contributed by atoms with Gasteiger partial charge in [-0.3, -0.25) is 0 Å². The number of aryl methyl sites for hydroxylation is 2. The summed E-state index contributed by atoms with van der Waals surface area (Å²) in [6.45, 7) is 7.59. The van der Waals surface area contributed by atoms with Gasteiger partial charge in [0.05, 0.1) is 18.9 Å². The molecule has 4 rings (SSSR count). The van der Waals surface area contributed by atoms with Gasteiger partial charge in [0.15, 0.2) is 6.04 Å². The third-order valence-corrected chi connectivity index (χ3v) is 5.69. The molecule has 0 aliphatic carbocycles. The van der Waals surface area contributed by atoms with Gasteiger partial charge in [0.1, 0.15) is 13.1 Å². The maximum Gasteiger partial charge on any atom is 0.219 e. The van der Waals surface area contributed by atoms with Crippen LogP contribution < -0.4 is 9.80 Å². The monoisotopic (exact) mass is 393 g/mol. The normalized spacial score (nSPS) is 16.0. The number of nitrogens with one attached hydrogen (secondary N) is 1. The van der Waals surface area contributed by atoms with Crippen molar-refractivity contribution in [2.24, 2.45) is 0 Å². The van der Waals surface area contributed by atoms with Crippen molar-refractivity contribution in [1.82, 2.24) is 20.2 Å². The van der Waals surface area contributed by atoms with Crippen molar-refractivity contribution >= 4 is 5.69 Å². The van der Waals surface area contributed by atoms with Crippen molar-refractivity contribution in [3.63, 3.8) is 0 Å². The van der Waals surface area contributed by atoms with Crippen molar-refractivity contribution in [3.8, 4) is 5.69 Å². The van der Waals surface area contributed by atoms with Crippen LogP contribution in [0.3, 0.4) is 0 Å². The third-order valence-electron chi connectivity index (χ3n) is 5.69. The summed E-state index contributed by atoms with van der Waals surface area (Å²) in [6.07, 6.45) is 0. The third kappa shape index (κ3) is 3.88. The molecule has 1 saturated heterocycles. The average molecular weight is 394 g/mol. The van der Waals surface area contributed by atoms with Gasteiger partial charge in [0.2, 0.25) is 5.82 Å². The molecule has 0 spiro atoms. The van der Waals surface area contributed by atoms with Crippen molar-refractivity contribution < 1.29 is 9.64 Å². The molecule has 0 unspecified atom stereocenters. The highest BCUT2D eigenvalue weighted by Gasteiger charge is 2.33. The van der Waals surface area contributed by atoms with Gasteiger partial charge in [-0.05, 0) is 47.5 Å². The molecule has 3 aromatic rings. The number of morpholine rings is 1. The van der Waals surface area contributed by atoms with Gasteiger partial charge in [-0.1, -0.05) is 30.3 Å². The van der Waals surface area contributed by atoms with Crippen LogP contribution in [0.1, 0.15) is 28.6 Å². The zero-order chi connectivity index (χ0) is 20.4. The Hall–Kier alpha value is -2.77. The van der Waals surface area contributed by atoms with E-state index in [4.69, 9.17) is 4.74 Å². The fourth-order valence-electron chi connectivity index (χ4n) is 4.13. The van der Waals surface area contributed by atoms with Crippen LogP contribution in [0.15, 0.2) is 42.5 Å². The highest BCUT2D eigenvalue weighted by Crippen LogP contribution is 2.25. The van der Waals surface area contributed by atoms with Gasteiger partial charge in [-0.2, -0.15) is 4.68 Å². The summed E-state index contributed by atoms with van der Waals surface area (Å²) in [7, 11) is 4.11. The maximum absolute atomic E-state index is 5.62. The first-order chi connectivity index (χ1) is 14.1. The molecular formula is C22H29N6O+. The van der Waals surface area contributed by atoms with Gasteiger partial charge in [-0.15, -0.1) is 5.10 Å². The summed E-state index contributed by atoms with van der Waals surface area (Å²) in [5.41, 5.74) is 5.79. The number of benzene rings is 2. The first-order valence-corrected chi connectivity index (χ1v) is 10.1. The van der Waals surface area contributed by atoms with E-state index in [2.05, 4.69) is 90.8 Å². The predicted molar refractivity (Wildman–Crippen MR) is 113 cm³/mol. The smallest absolute Gasteiger partial charge is 0.219 e. The van der Waals surface area contributed by atoms with E-state index < -0.39 is 0 Å². The van der Waals surface area contributed by atoms with Crippen molar-refractivity contribution in [1.29, 1.82) is 0 Å². The number of aromatic nitrogens is 4. The van der Waals surface area contributed by atoms with E-state index in [1.807, 2.05) is 4.68 Å². The lowest BCUT2D eigenvalue weighted by molar-refractivity contribution is -0.933. The number of para-hydroxylation sites is 1. The van der Waals surface area contributed by atoms with E-state index in [9.17, 15) is 0 Å². The first kappa shape index (κ1) is 19.5. The standard InChI is InChI=1S/C22H28N6O/c1-16-6-5-7-17(2)20(16)28-22(23-24-25-28)21(27-12-14-29-15-13-27)18-8-10-19(11-9-18)26(3)4/h5-11,21H,12-15H2,1-4H3/p+1/t21-/m1/s1. The van der Waals surface area contributed by atoms with Gasteiger partial charge in [-0.25, -0.2) is 0 Å². The lowest BCUT2D eigenvalue weighted by atomic mass is 10.0. The van der Waals surface area contributed by atoms with Crippen LogP contribution in [0.5, 0.6) is 0 Å². The number of hydrogen-bond donors (Lipinski definition) is 1. The van der Waals surface area contributed by atoms with E-state index in [1.54, 1.807) is 0 Å². The predicted octanol–water partition coefficient (Wildman–Crippen LogP) is 1.35.